The first-order valence-corrected chi connectivity index (χ1v) is 8.44. The summed E-state index contributed by atoms with van der Waals surface area (Å²) in [5.41, 5.74) is 5.56. The molecule has 3 N–H and O–H groups in total. The highest BCUT2D eigenvalue weighted by Crippen LogP contribution is 2.38. The second kappa shape index (κ2) is 6.37. The summed E-state index contributed by atoms with van der Waals surface area (Å²) in [6, 6.07) is 2.04. The summed E-state index contributed by atoms with van der Waals surface area (Å²) in [7, 11) is 0. The Morgan fingerprint density at radius 2 is 2.26 bits per heavy atom. The van der Waals surface area contributed by atoms with Gasteiger partial charge in [0.05, 0.1) is 12.0 Å². The lowest BCUT2D eigenvalue weighted by atomic mass is 9.70. The molecule has 106 valence electrons. The number of thiophene rings is 1. The molecule has 1 aliphatic rings. The number of carbonyl (C=O) groups excluding carboxylic acids is 1. The van der Waals surface area contributed by atoms with Crippen molar-refractivity contribution in [1.82, 2.24) is 5.32 Å². The lowest BCUT2D eigenvalue weighted by Gasteiger charge is -2.37. The minimum Gasteiger partial charge on any atom is -0.351 e. The Kier molecular flexibility index (Phi) is 5.03. The van der Waals surface area contributed by atoms with Crippen molar-refractivity contribution in [2.75, 3.05) is 6.54 Å². The van der Waals surface area contributed by atoms with Crippen molar-refractivity contribution < 1.29 is 4.79 Å². The number of nitrogens with one attached hydrogen (secondary N) is 1. The first kappa shape index (κ1) is 15.0. The normalized spacial score (nSPS) is 27.2. The molecule has 1 fully saturated rings. The number of rotatable bonds is 4. The van der Waals surface area contributed by atoms with E-state index in [0.717, 1.165) is 41.0 Å². The van der Waals surface area contributed by atoms with Gasteiger partial charge < -0.3 is 11.1 Å². The molecule has 1 heterocycles. The van der Waals surface area contributed by atoms with Crippen molar-refractivity contribution in [2.24, 2.45) is 17.1 Å². The molecule has 0 spiro atoms. The zero-order chi connectivity index (χ0) is 13.9. The van der Waals surface area contributed by atoms with Crippen LogP contribution in [0, 0.1) is 11.3 Å². The van der Waals surface area contributed by atoms with Gasteiger partial charge in [-0.05, 0) is 53.6 Å². The molecule has 1 saturated carbocycles. The monoisotopic (exact) mass is 344 g/mol. The van der Waals surface area contributed by atoms with Gasteiger partial charge in [0.25, 0.3) is 0 Å². The van der Waals surface area contributed by atoms with Crippen molar-refractivity contribution >= 4 is 33.2 Å². The molecule has 5 heteroatoms. The Balaban J connectivity index is 1.93. The fourth-order valence-corrected chi connectivity index (χ4v) is 4.03. The van der Waals surface area contributed by atoms with E-state index < -0.39 is 0 Å². The average Bonchev–Trinajstić information content (AvgIpc) is 2.83. The van der Waals surface area contributed by atoms with Crippen LogP contribution in [0.5, 0.6) is 0 Å². The van der Waals surface area contributed by atoms with E-state index in [9.17, 15) is 4.79 Å². The van der Waals surface area contributed by atoms with Gasteiger partial charge in [-0.15, -0.1) is 11.3 Å². The largest absolute Gasteiger partial charge is 0.351 e. The summed E-state index contributed by atoms with van der Waals surface area (Å²) >= 11 is 5.08. The average molecular weight is 345 g/mol. The van der Waals surface area contributed by atoms with E-state index in [2.05, 4.69) is 28.2 Å². The first-order valence-electron chi connectivity index (χ1n) is 6.77. The summed E-state index contributed by atoms with van der Waals surface area (Å²) in [4.78, 5) is 13.6. The molecule has 0 radical (unpaired) electrons. The Morgan fingerprint density at radius 3 is 2.79 bits per heavy atom. The van der Waals surface area contributed by atoms with E-state index in [1.165, 1.54) is 0 Å². The van der Waals surface area contributed by atoms with Crippen LogP contribution in [-0.2, 0) is 11.3 Å². The fraction of sp³-hybridized carbons (Fsp3) is 0.643. The molecule has 0 atom stereocenters. The van der Waals surface area contributed by atoms with E-state index >= 15 is 0 Å². The van der Waals surface area contributed by atoms with Crippen LogP contribution >= 0.6 is 27.3 Å². The van der Waals surface area contributed by atoms with Crippen LogP contribution < -0.4 is 11.1 Å². The number of hydrogen-bond donors (Lipinski definition) is 2. The van der Waals surface area contributed by atoms with Gasteiger partial charge in [-0.3, -0.25) is 4.79 Å². The van der Waals surface area contributed by atoms with E-state index in [4.69, 9.17) is 5.73 Å². The molecule has 2 rings (SSSR count). The van der Waals surface area contributed by atoms with Crippen molar-refractivity contribution in [3.05, 3.63) is 20.8 Å². The van der Waals surface area contributed by atoms with Crippen LogP contribution in [0.1, 0.15) is 37.5 Å². The molecule has 0 bridgehead atoms. The number of amides is 1. The lowest BCUT2D eigenvalue weighted by molar-refractivity contribution is -0.133. The smallest absolute Gasteiger partial charge is 0.227 e. The fourth-order valence-electron chi connectivity index (χ4n) is 2.64. The Labute approximate surface area is 127 Å². The number of nitrogens with two attached hydrogens (primary N) is 1. The maximum absolute atomic E-state index is 12.4. The molecule has 3 nitrogen and oxygen atoms in total. The third kappa shape index (κ3) is 3.58. The van der Waals surface area contributed by atoms with Crippen LogP contribution in [-0.4, -0.2) is 12.5 Å². The maximum atomic E-state index is 12.4. The minimum atomic E-state index is -0.332. The topological polar surface area (TPSA) is 55.1 Å². The Morgan fingerprint density at radius 1 is 1.58 bits per heavy atom. The Bertz CT molecular complexity index is 438. The lowest BCUT2D eigenvalue weighted by Crippen LogP contribution is -2.47. The van der Waals surface area contributed by atoms with Gasteiger partial charge >= 0.3 is 0 Å². The van der Waals surface area contributed by atoms with E-state index in [1.54, 1.807) is 11.3 Å². The molecular weight excluding hydrogens is 324 g/mol. The molecule has 1 aromatic rings. The summed E-state index contributed by atoms with van der Waals surface area (Å²) in [5, 5.41) is 5.09. The predicted octanol–water partition coefficient (Wildman–Crippen LogP) is 3.28. The summed E-state index contributed by atoms with van der Waals surface area (Å²) in [6.07, 6.45) is 4.06. The summed E-state index contributed by atoms with van der Waals surface area (Å²) in [6.45, 7) is 3.31. The standard InChI is InChI=1S/C14H21BrN2OS/c1-10-2-4-14(9-16,5-3-10)13(18)17-7-12-6-11(15)8-19-12/h6,8,10H,2-5,7,9,16H2,1H3,(H,17,18). The zero-order valence-corrected chi connectivity index (χ0v) is 13.6. The summed E-state index contributed by atoms with van der Waals surface area (Å²) in [5.74, 6) is 0.854. The number of halogens is 1. The van der Waals surface area contributed by atoms with Gasteiger partial charge in [-0.1, -0.05) is 6.92 Å². The van der Waals surface area contributed by atoms with Gasteiger partial charge in [-0.25, -0.2) is 0 Å². The van der Waals surface area contributed by atoms with Crippen molar-refractivity contribution in [1.29, 1.82) is 0 Å². The molecular formula is C14H21BrN2OS. The highest BCUT2D eigenvalue weighted by Gasteiger charge is 2.39. The highest BCUT2D eigenvalue weighted by atomic mass is 79.9. The van der Waals surface area contributed by atoms with Crippen LogP contribution in [0.2, 0.25) is 0 Å². The molecule has 1 aromatic heterocycles. The molecule has 19 heavy (non-hydrogen) atoms. The second-order valence-corrected chi connectivity index (χ2v) is 7.49. The number of hydrogen-bond acceptors (Lipinski definition) is 3. The van der Waals surface area contributed by atoms with E-state index in [-0.39, 0.29) is 11.3 Å². The van der Waals surface area contributed by atoms with Crippen LogP contribution in [0.3, 0.4) is 0 Å². The molecule has 1 amide bonds. The molecule has 0 aromatic carbocycles. The van der Waals surface area contributed by atoms with Crippen molar-refractivity contribution in [3.63, 3.8) is 0 Å². The van der Waals surface area contributed by atoms with Gasteiger partial charge in [0.15, 0.2) is 0 Å². The van der Waals surface area contributed by atoms with Gasteiger partial charge in [0, 0.05) is 21.3 Å². The molecule has 0 aliphatic heterocycles. The van der Waals surface area contributed by atoms with Gasteiger partial charge in [0.2, 0.25) is 5.91 Å². The third-order valence-corrected chi connectivity index (χ3v) is 5.85. The number of carbonyl (C=O) groups is 1. The van der Waals surface area contributed by atoms with Crippen LogP contribution in [0.15, 0.2) is 15.9 Å². The van der Waals surface area contributed by atoms with Crippen LogP contribution in [0.4, 0.5) is 0 Å². The maximum Gasteiger partial charge on any atom is 0.227 e. The van der Waals surface area contributed by atoms with E-state index in [0.29, 0.717) is 13.1 Å². The van der Waals surface area contributed by atoms with Crippen molar-refractivity contribution in [2.45, 2.75) is 39.2 Å². The third-order valence-electron chi connectivity index (χ3n) is 4.15. The zero-order valence-electron chi connectivity index (χ0n) is 11.2. The van der Waals surface area contributed by atoms with Crippen molar-refractivity contribution in [3.8, 4) is 0 Å². The minimum absolute atomic E-state index is 0.131. The summed E-state index contributed by atoms with van der Waals surface area (Å²) < 4.78 is 1.07. The van der Waals surface area contributed by atoms with Gasteiger partial charge in [0.1, 0.15) is 0 Å². The predicted molar refractivity (Wildman–Crippen MR) is 83.0 cm³/mol. The SMILES string of the molecule is CC1CCC(CN)(C(=O)NCc2cc(Br)cs2)CC1. The van der Waals surface area contributed by atoms with Gasteiger partial charge in [-0.2, -0.15) is 0 Å². The second-order valence-electron chi connectivity index (χ2n) is 5.58. The van der Waals surface area contributed by atoms with E-state index in [1.807, 2.05) is 11.4 Å². The molecule has 1 aliphatic carbocycles. The molecule has 0 saturated heterocycles. The quantitative estimate of drug-likeness (QED) is 0.880. The highest BCUT2D eigenvalue weighted by molar-refractivity contribution is 9.10. The first-order chi connectivity index (χ1) is 9.05. The molecule has 0 unspecified atom stereocenters. The van der Waals surface area contributed by atoms with Crippen LogP contribution in [0.25, 0.3) is 0 Å². The Hall–Kier alpha value is -0.390.